The van der Waals surface area contributed by atoms with Crippen LogP contribution in [0.15, 0.2) is 47.1 Å². The number of hydrogen-bond acceptors (Lipinski definition) is 4. The smallest absolute Gasteiger partial charge is 0.459 e. The molecule has 1 saturated heterocycles. The molecule has 1 aliphatic heterocycles. The molecule has 0 bridgehead atoms. The van der Waals surface area contributed by atoms with Crippen molar-refractivity contribution >= 4 is 11.8 Å². The molecule has 2 aromatic rings. The number of carbonyl (C=O) groups is 2. The van der Waals surface area contributed by atoms with E-state index in [2.05, 4.69) is 4.74 Å². The third-order valence-corrected chi connectivity index (χ3v) is 5.26. The van der Waals surface area contributed by atoms with Crippen LogP contribution in [0.2, 0.25) is 0 Å². The van der Waals surface area contributed by atoms with Gasteiger partial charge in [-0.1, -0.05) is 12.1 Å². The predicted octanol–water partition coefficient (Wildman–Crippen LogP) is 3.27. The number of halogens is 3. The lowest BCUT2D eigenvalue weighted by atomic mass is 10.1. The largest absolute Gasteiger partial charge is 0.573 e. The molecule has 4 rings (SSSR count). The summed E-state index contributed by atoms with van der Waals surface area (Å²) in [5, 5.41) is 0. The van der Waals surface area contributed by atoms with Gasteiger partial charge in [0.25, 0.3) is 5.91 Å². The van der Waals surface area contributed by atoms with Crippen molar-refractivity contribution in [2.45, 2.75) is 18.7 Å². The van der Waals surface area contributed by atoms with Crippen LogP contribution in [0.5, 0.6) is 5.75 Å². The molecule has 2 aliphatic rings. The van der Waals surface area contributed by atoms with Crippen LogP contribution in [0.25, 0.3) is 0 Å². The fourth-order valence-electron chi connectivity index (χ4n) is 3.67. The minimum atomic E-state index is -4.72. The topological polar surface area (TPSA) is 63.0 Å². The molecule has 2 fully saturated rings. The SMILES string of the molecule is O=C(c1ccco1)N1CCN(C(=O)[C@@H]2C[C@H]2c2ccc(OC(F)(F)F)cc2)CC1. The molecule has 0 N–H and O–H groups in total. The van der Waals surface area contributed by atoms with Gasteiger partial charge in [0.05, 0.1) is 6.26 Å². The van der Waals surface area contributed by atoms with Crippen molar-refractivity contribution in [1.29, 1.82) is 0 Å². The van der Waals surface area contributed by atoms with Gasteiger partial charge in [0.2, 0.25) is 5.91 Å². The van der Waals surface area contributed by atoms with Gasteiger partial charge in [-0.25, -0.2) is 0 Å². The quantitative estimate of drug-likeness (QED) is 0.779. The van der Waals surface area contributed by atoms with E-state index in [1.165, 1.54) is 18.4 Å². The summed E-state index contributed by atoms with van der Waals surface area (Å²) in [6.45, 7) is 1.78. The van der Waals surface area contributed by atoms with Gasteiger partial charge in [-0.2, -0.15) is 0 Å². The molecule has 29 heavy (non-hydrogen) atoms. The van der Waals surface area contributed by atoms with E-state index in [1.807, 2.05) is 0 Å². The molecule has 1 aromatic heterocycles. The molecule has 9 heteroatoms. The first-order chi connectivity index (χ1) is 13.8. The van der Waals surface area contributed by atoms with Gasteiger partial charge in [0, 0.05) is 32.1 Å². The third kappa shape index (κ3) is 4.38. The average molecular weight is 408 g/mol. The van der Waals surface area contributed by atoms with Crippen LogP contribution >= 0.6 is 0 Å². The highest BCUT2D eigenvalue weighted by Gasteiger charge is 2.46. The lowest BCUT2D eigenvalue weighted by molar-refractivity contribution is -0.274. The van der Waals surface area contributed by atoms with Crippen LogP contribution in [-0.4, -0.2) is 54.2 Å². The van der Waals surface area contributed by atoms with E-state index >= 15 is 0 Å². The molecule has 2 atom stereocenters. The summed E-state index contributed by atoms with van der Waals surface area (Å²) in [6, 6.07) is 8.93. The van der Waals surface area contributed by atoms with Crippen molar-refractivity contribution in [2.24, 2.45) is 5.92 Å². The summed E-state index contributed by atoms with van der Waals surface area (Å²) in [5.74, 6) is -0.322. The Kier molecular flexibility index (Phi) is 4.97. The predicted molar refractivity (Wildman–Crippen MR) is 95.2 cm³/mol. The van der Waals surface area contributed by atoms with E-state index in [0.717, 1.165) is 5.56 Å². The summed E-state index contributed by atoms with van der Waals surface area (Å²) in [4.78, 5) is 28.4. The second-order valence-electron chi connectivity index (χ2n) is 7.16. The molecule has 0 spiro atoms. The zero-order valence-electron chi connectivity index (χ0n) is 15.4. The lowest BCUT2D eigenvalue weighted by Crippen LogP contribution is -2.51. The zero-order chi connectivity index (χ0) is 20.6. The van der Waals surface area contributed by atoms with Crippen molar-refractivity contribution in [1.82, 2.24) is 9.80 Å². The van der Waals surface area contributed by atoms with E-state index in [0.29, 0.717) is 32.6 Å². The van der Waals surface area contributed by atoms with Crippen LogP contribution in [0.4, 0.5) is 13.2 Å². The average Bonchev–Trinajstić information content (AvgIpc) is 3.30. The number of benzene rings is 1. The molecule has 1 aromatic carbocycles. The second-order valence-corrected chi connectivity index (χ2v) is 7.16. The van der Waals surface area contributed by atoms with Crippen molar-refractivity contribution in [3.63, 3.8) is 0 Å². The first-order valence-corrected chi connectivity index (χ1v) is 9.29. The summed E-state index contributed by atoms with van der Waals surface area (Å²) >= 11 is 0. The molecule has 2 amide bonds. The molecule has 6 nitrogen and oxygen atoms in total. The Hall–Kier alpha value is -2.97. The first kappa shape index (κ1) is 19.4. The minimum absolute atomic E-state index is 0.00483. The molecule has 154 valence electrons. The highest BCUT2D eigenvalue weighted by molar-refractivity contribution is 5.91. The molecule has 1 aliphatic carbocycles. The maximum atomic E-state index is 12.7. The molecule has 0 unspecified atom stereocenters. The van der Waals surface area contributed by atoms with E-state index in [9.17, 15) is 22.8 Å². The van der Waals surface area contributed by atoms with E-state index in [4.69, 9.17) is 4.42 Å². The number of hydrogen-bond donors (Lipinski definition) is 0. The normalized spacial score (nSPS) is 21.8. The van der Waals surface area contributed by atoms with Crippen molar-refractivity contribution in [3.05, 3.63) is 54.0 Å². The van der Waals surface area contributed by atoms with E-state index in [-0.39, 0.29) is 35.2 Å². The summed E-state index contributed by atoms with van der Waals surface area (Å²) in [5.41, 5.74) is 0.824. The van der Waals surface area contributed by atoms with E-state index in [1.54, 1.807) is 34.1 Å². The van der Waals surface area contributed by atoms with Gasteiger partial charge >= 0.3 is 6.36 Å². The number of rotatable bonds is 4. The number of nitrogens with zero attached hydrogens (tertiary/aromatic N) is 2. The summed E-state index contributed by atoms with van der Waals surface area (Å²) in [7, 11) is 0. The Morgan fingerprint density at radius 1 is 1.00 bits per heavy atom. The molecular formula is C20H19F3N2O4. The third-order valence-electron chi connectivity index (χ3n) is 5.26. The van der Waals surface area contributed by atoms with Gasteiger partial charge in [-0.15, -0.1) is 13.2 Å². The van der Waals surface area contributed by atoms with Gasteiger partial charge < -0.3 is 19.0 Å². The fourth-order valence-corrected chi connectivity index (χ4v) is 3.67. The van der Waals surface area contributed by atoms with Gasteiger partial charge in [0.15, 0.2) is 5.76 Å². The summed E-state index contributed by atoms with van der Waals surface area (Å²) < 4.78 is 45.7. The monoisotopic (exact) mass is 408 g/mol. The van der Waals surface area contributed by atoms with Crippen LogP contribution in [0, 0.1) is 5.92 Å². The number of piperazine rings is 1. The Morgan fingerprint density at radius 2 is 1.66 bits per heavy atom. The number of carbonyl (C=O) groups excluding carboxylic acids is 2. The Morgan fingerprint density at radius 3 is 2.24 bits per heavy atom. The number of alkyl halides is 3. The highest BCUT2D eigenvalue weighted by Crippen LogP contribution is 2.48. The molecule has 1 saturated carbocycles. The Bertz CT molecular complexity index is 872. The second kappa shape index (κ2) is 7.46. The van der Waals surface area contributed by atoms with Gasteiger partial charge in [0.1, 0.15) is 5.75 Å². The van der Waals surface area contributed by atoms with Crippen LogP contribution in [-0.2, 0) is 4.79 Å². The molecule has 2 heterocycles. The number of furan rings is 1. The maximum absolute atomic E-state index is 12.7. The van der Waals surface area contributed by atoms with Crippen LogP contribution in [0.3, 0.4) is 0 Å². The van der Waals surface area contributed by atoms with Crippen molar-refractivity contribution < 1.29 is 31.9 Å². The Balaban J connectivity index is 1.29. The lowest BCUT2D eigenvalue weighted by Gasteiger charge is -2.34. The number of amides is 2. The van der Waals surface area contributed by atoms with Crippen LogP contribution < -0.4 is 4.74 Å². The first-order valence-electron chi connectivity index (χ1n) is 9.29. The standard InChI is InChI=1S/C20H19F3N2O4/c21-20(22,23)29-14-5-3-13(4-6-14)15-12-16(15)18(26)24-7-9-25(10-8-24)19(27)17-2-1-11-28-17/h1-6,11,15-16H,7-10,12H2/t15-,16+/m0/s1. The molecule has 0 radical (unpaired) electrons. The van der Waals surface area contributed by atoms with Gasteiger partial charge in [-0.05, 0) is 42.2 Å². The van der Waals surface area contributed by atoms with Crippen molar-refractivity contribution in [2.75, 3.05) is 26.2 Å². The number of ether oxygens (including phenoxy) is 1. The minimum Gasteiger partial charge on any atom is -0.459 e. The zero-order valence-corrected chi connectivity index (χ0v) is 15.4. The fraction of sp³-hybridized carbons (Fsp3) is 0.400. The van der Waals surface area contributed by atoms with E-state index < -0.39 is 6.36 Å². The van der Waals surface area contributed by atoms with Gasteiger partial charge in [-0.3, -0.25) is 9.59 Å². The van der Waals surface area contributed by atoms with Crippen LogP contribution in [0.1, 0.15) is 28.5 Å². The Labute approximate surface area is 164 Å². The molecular weight excluding hydrogens is 389 g/mol. The highest BCUT2D eigenvalue weighted by atomic mass is 19.4. The maximum Gasteiger partial charge on any atom is 0.573 e. The summed E-state index contributed by atoms with van der Waals surface area (Å²) in [6.07, 6.45) is -2.61. The van der Waals surface area contributed by atoms with Crippen molar-refractivity contribution in [3.8, 4) is 5.75 Å².